The average Bonchev–Trinajstić information content (AvgIpc) is 3.17. The Bertz CT molecular complexity index is 918. The fourth-order valence-electron chi connectivity index (χ4n) is 4.37. The molecule has 0 saturated carbocycles. The molecule has 0 bridgehead atoms. The molecule has 0 atom stereocenters. The van der Waals surface area contributed by atoms with E-state index in [4.69, 9.17) is 4.74 Å². The van der Waals surface area contributed by atoms with Crippen LogP contribution in [0.5, 0.6) is 5.75 Å². The number of pyridine rings is 1. The lowest BCUT2D eigenvalue weighted by atomic mass is 9.96. The third-order valence-electron chi connectivity index (χ3n) is 6.30. The van der Waals surface area contributed by atoms with E-state index >= 15 is 0 Å². The lowest BCUT2D eigenvalue weighted by Crippen LogP contribution is -2.28. The van der Waals surface area contributed by atoms with Gasteiger partial charge in [-0.15, -0.1) is 0 Å². The third-order valence-corrected chi connectivity index (χ3v) is 6.30. The topological polar surface area (TPSA) is 16.9 Å². The number of unbranched alkanes of at least 4 members (excludes halogenated alkanes) is 2. The van der Waals surface area contributed by atoms with Gasteiger partial charge in [-0.2, -0.15) is 0 Å². The van der Waals surface area contributed by atoms with Crippen molar-refractivity contribution in [2.45, 2.75) is 72.1 Å². The van der Waals surface area contributed by atoms with E-state index in [1.54, 1.807) is 0 Å². The minimum atomic E-state index is 0.515. The van der Waals surface area contributed by atoms with Gasteiger partial charge in [0.2, 0.25) is 0 Å². The van der Waals surface area contributed by atoms with Crippen LogP contribution in [-0.4, -0.2) is 35.5 Å². The van der Waals surface area contributed by atoms with Crippen LogP contribution in [0.4, 0.5) is 0 Å². The molecule has 2 aromatic heterocycles. The summed E-state index contributed by atoms with van der Waals surface area (Å²) in [6.45, 7) is 13.5. The molecule has 2 heterocycles. The van der Waals surface area contributed by atoms with Crippen molar-refractivity contribution in [3.8, 4) is 5.75 Å². The van der Waals surface area contributed by atoms with Crippen molar-refractivity contribution in [2.24, 2.45) is 0 Å². The fraction of sp³-hybridized carbons (Fsp3) is 0.517. The average molecular weight is 435 g/mol. The molecule has 3 nitrogen and oxygen atoms in total. The van der Waals surface area contributed by atoms with Gasteiger partial charge >= 0.3 is 0 Å². The summed E-state index contributed by atoms with van der Waals surface area (Å²) >= 11 is 0. The van der Waals surface area contributed by atoms with Crippen LogP contribution < -0.4 is 4.74 Å². The van der Waals surface area contributed by atoms with E-state index in [9.17, 15) is 0 Å². The van der Waals surface area contributed by atoms with Crippen molar-refractivity contribution < 1.29 is 4.74 Å². The maximum Gasteiger partial charge on any atom is 0.119 e. The van der Waals surface area contributed by atoms with E-state index in [1.165, 1.54) is 61.0 Å². The number of fused-ring (bicyclic) bond motifs is 1. The normalized spacial score (nSPS) is 11.7. The first kappa shape index (κ1) is 24.4. The molecule has 0 unspecified atom stereocenters. The number of nitrogens with zero attached hydrogens (tertiary/aromatic N) is 2. The SMILES string of the molecule is CCCCN(CCCC)CCCOc1ccc(Cc2c(C(C)C)cn3ccccc23)cc1. The molecule has 0 N–H and O–H groups in total. The maximum absolute atomic E-state index is 6.06. The minimum absolute atomic E-state index is 0.515. The molecule has 0 fully saturated rings. The predicted molar refractivity (Wildman–Crippen MR) is 137 cm³/mol. The van der Waals surface area contributed by atoms with Crippen molar-refractivity contribution in [3.05, 3.63) is 71.5 Å². The van der Waals surface area contributed by atoms with Crippen LogP contribution in [0.3, 0.4) is 0 Å². The second-order valence-electron chi connectivity index (χ2n) is 9.28. The van der Waals surface area contributed by atoms with Gasteiger partial charge in [-0.3, -0.25) is 0 Å². The Labute approximate surface area is 195 Å². The molecule has 0 spiro atoms. The smallest absolute Gasteiger partial charge is 0.119 e. The zero-order chi connectivity index (χ0) is 22.8. The Morgan fingerprint density at radius 2 is 1.56 bits per heavy atom. The Kier molecular flexibility index (Phi) is 9.67. The molecule has 0 aliphatic rings. The number of aromatic nitrogens is 1. The molecular formula is C29H42N2O. The Morgan fingerprint density at radius 3 is 2.22 bits per heavy atom. The Hall–Kier alpha value is -2.26. The van der Waals surface area contributed by atoms with E-state index in [1.807, 2.05) is 0 Å². The van der Waals surface area contributed by atoms with Crippen LogP contribution in [0, 0.1) is 0 Å². The third kappa shape index (κ3) is 6.87. The van der Waals surface area contributed by atoms with Gasteiger partial charge in [-0.1, -0.05) is 58.7 Å². The highest BCUT2D eigenvalue weighted by Crippen LogP contribution is 2.28. The Balaban J connectivity index is 1.53. The maximum atomic E-state index is 6.06. The van der Waals surface area contributed by atoms with E-state index in [0.29, 0.717) is 5.92 Å². The zero-order valence-electron chi connectivity index (χ0n) is 20.6. The second kappa shape index (κ2) is 12.7. The standard InChI is InChI=1S/C29H42N2O/c1-5-7-17-30(18-8-6-2)19-11-21-32-26-15-13-25(14-16-26)22-27-28(24(3)4)23-31-20-10-9-12-29(27)31/h9-10,12-16,20,23-24H,5-8,11,17-19,21-22H2,1-4H3. The highest BCUT2D eigenvalue weighted by atomic mass is 16.5. The first-order valence-electron chi connectivity index (χ1n) is 12.6. The summed E-state index contributed by atoms with van der Waals surface area (Å²) in [4.78, 5) is 2.61. The molecule has 1 aromatic carbocycles. The summed E-state index contributed by atoms with van der Waals surface area (Å²) in [5.74, 6) is 1.50. The summed E-state index contributed by atoms with van der Waals surface area (Å²) in [6.07, 6.45) is 11.6. The highest BCUT2D eigenvalue weighted by molar-refractivity contribution is 5.61. The van der Waals surface area contributed by atoms with Gasteiger partial charge in [0.05, 0.1) is 6.61 Å². The van der Waals surface area contributed by atoms with E-state index in [2.05, 4.69) is 91.9 Å². The molecule has 0 aliphatic heterocycles. The van der Waals surface area contributed by atoms with Gasteiger partial charge in [0.25, 0.3) is 0 Å². The molecule has 0 radical (unpaired) electrons. The number of benzene rings is 1. The van der Waals surface area contributed by atoms with Crippen LogP contribution in [-0.2, 0) is 6.42 Å². The van der Waals surface area contributed by atoms with Gasteiger partial charge < -0.3 is 14.0 Å². The molecule has 3 aromatic rings. The van der Waals surface area contributed by atoms with E-state index in [0.717, 1.165) is 31.7 Å². The van der Waals surface area contributed by atoms with Crippen LogP contribution in [0.25, 0.3) is 5.52 Å². The summed E-state index contributed by atoms with van der Waals surface area (Å²) in [5.41, 5.74) is 5.52. The first-order chi connectivity index (χ1) is 15.6. The van der Waals surface area contributed by atoms with E-state index in [-0.39, 0.29) is 0 Å². The predicted octanol–water partition coefficient (Wildman–Crippen LogP) is 7.32. The van der Waals surface area contributed by atoms with Crippen molar-refractivity contribution in [1.82, 2.24) is 9.30 Å². The lowest BCUT2D eigenvalue weighted by molar-refractivity contribution is 0.229. The Morgan fingerprint density at radius 1 is 0.875 bits per heavy atom. The molecule has 174 valence electrons. The molecule has 0 aliphatic carbocycles. The van der Waals surface area contributed by atoms with Crippen LogP contribution in [0.2, 0.25) is 0 Å². The lowest BCUT2D eigenvalue weighted by Gasteiger charge is -2.21. The summed E-state index contributed by atoms with van der Waals surface area (Å²) in [6, 6.07) is 15.2. The summed E-state index contributed by atoms with van der Waals surface area (Å²) in [7, 11) is 0. The van der Waals surface area contributed by atoms with Crippen LogP contribution >= 0.6 is 0 Å². The molecule has 0 amide bonds. The summed E-state index contributed by atoms with van der Waals surface area (Å²) < 4.78 is 8.31. The summed E-state index contributed by atoms with van der Waals surface area (Å²) in [5, 5.41) is 0. The van der Waals surface area contributed by atoms with Crippen LogP contribution in [0.15, 0.2) is 54.9 Å². The van der Waals surface area contributed by atoms with Crippen molar-refractivity contribution in [1.29, 1.82) is 0 Å². The van der Waals surface area contributed by atoms with Crippen molar-refractivity contribution >= 4 is 5.52 Å². The van der Waals surface area contributed by atoms with Gasteiger partial charge in [0.1, 0.15) is 5.75 Å². The van der Waals surface area contributed by atoms with E-state index < -0.39 is 0 Å². The largest absolute Gasteiger partial charge is 0.494 e. The fourth-order valence-corrected chi connectivity index (χ4v) is 4.37. The molecular weight excluding hydrogens is 392 g/mol. The second-order valence-corrected chi connectivity index (χ2v) is 9.28. The van der Waals surface area contributed by atoms with Crippen LogP contribution in [0.1, 0.15) is 82.4 Å². The van der Waals surface area contributed by atoms with Gasteiger partial charge in [-0.05, 0) is 85.6 Å². The zero-order valence-corrected chi connectivity index (χ0v) is 20.6. The molecule has 32 heavy (non-hydrogen) atoms. The number of rotatable bonds is 14. The number of ether oxygens (including phenoxy) is 1. The van der Waals surface area contributed by atoms with Crippen molar-refractivity contribution in [2.75, 3.05) is 26.2 Å². The van der Waals surface area contributed by atoms with Gasteiger partial charge in [-0.25, -0.2) is 0 Å². The monoisotopic (exact) mass is 434 g/mol. The van der Waals surface area contributed by atoms with Gasteiger partial charge in [0, 0.05) is 24.5 Å². The molecule has 0 saturated heterocycles. The molecule has 3 rings (SSSR count). The number of hydrogen-bond acceptors (Lipinski definition) is 2. The quantitative estimate of drug-likeness (QED) is 0.247. The minimum Gasteiger partial charge on any atom is -0.494 e. The number of hydrogen-bond donors (Lipinski definition) is 0. The molecule has 3 heteroatoms. The highest BCUT2D eigenvalue weighted by Gasteiger charge is 2.13. The first-order valence-corrected chi connectivity index (χ1v) is 12.6. The van der Waals surface area contributed by atoms with Crippen molar-refractivity contribution in [3.63, 3.8) is 0 Å². The van der Waals surface area contributed by atoms with Gasteiger partial charge in [0.15, 0.2) is 0 Å².